The van der Waals surface area contributed by atoms with E-state index in [0.29, 0.717) is 0 Å². The molecule has 18 heavy (non-hydrogen) atoms. The Morgan fingerprint density at radius 2 is 2.22 bits per heavy atom. The average molecular weight is 260 g/mol. The van der Waals surface area contributed by atoms with Crippen molar-refractivity contribution in [3.05, 3.63) is 28.0 Å². The maximum Gasteiger partial charge on any atom is 0.262 e. The molecule has 0 spiro atoms. The quantitative estimate of drug-likeness (QED) is 0.670. The van der Waals surface area contributed by atoms with E-state index in [4.69, 9.17) is 5.26 Å². The molecule has 2 rings (SSSR count). The van der Waals surface area contributed by atoms with Crippen LogP contribution < -0.4 is 5.32 Å². The first-order valence-electron chi connectivity index (χ1n) is 6.26. The van der Waals surface area contributed by atoms with Crippen LogP contribution in [0.5, 0.6) is 0 Å². The minimum Gasteiger partial charge on any atom is -0.349 e. The van der Waals surface area contributed by atoms with Crippen molar-refractivity contribution in [1.82, 2.24) is 5.32 Å². The van der Waals surface area contributed by atoms with E-state index in [9.17, 15) is 4.79 Å². The second-order valence-electron chi connectivity index (χ2n) is 4.49. The van der Waals surface area contributed by atoms with E-state index in [2.05, 4.69) is 5.32 Å². The summed E-state index contributed by atoms with van der Waals surface area (Å²) >= 11 is 1.52. The summed E-state index contributed by atoms with van der Waals surface area (Å²) in [5.41, 5.74) is 0.197. The first kappa shape index (κ1) is 12.8. The molecule has 0 radical (unpaired) electrons. The number of carbonyl (C=O) groups excluding carboxylic acids is 1. The number of carbonyl (C=O) groups is 1. The van der Waals surface area contributed by atoms with Gasteiger partial charge in [-0.1, -0.05) is 25.3 Å². The molecule has 1 saturated carbocycles. The summed E-state index contributed by atoms with van der Waals surface area (Å²) in [4.78, 5) is 12.9. The molecule has 1 aliphatic rings. The van der Waals surface area contributed by atoms with Gasteiger partial charge >= 0.3 is 0 Å². The van der Waals surface area contributed by atoms with Gasteiger partial charge in [-0.3, -0.25) is 4.79 Å². The van der Waals surface area contributed by atoms with Gasteiger partial charge in [0.25, 0.3) is 5.91 Å². The smallest absolute Gasteiger partial charge is 0.262 e. The summed E-state index contributed by atoms with van der Waals surface area (Å²) in [5.74, 6) is -0.238. The van der Waals surface area contributed by atoms with Crippen LogP contribution in [0.4, 0.5) is 0 Å². The van der Waals surface area contributed by atoms with E-state index < -0.39 is 0 Å². The number of nitriles is 1. The molecule has 1 aromatic rings. The molecule has 0 aromatic carbocycles. The summed E-state index contributed by atoms with van der Waals surface area (Å²) in [7, 11) is 0. The summed E-state index contributed by atoms with van der Waals surface area (Å²) in [6, 6.07) is 6.03. The van der Waals surface area contributed by atoms with Crippen LogP contribution in [0.1, 0.15) is 37.0 Å². The zero-order valence-corrected chi connectivity index (χ0v) is 11.0. The minimum atomic E-state index is -0.238. The number of hydrogen-bond acceptors (Lipinski definition) is 3. The van der Waals surface area contributed by atoms with Gasteiger partial charge in [-0.05, 0) is 30.4 Å². The summed E-state index contributed by atoms with van der Waals surface area (Å²) in [5, 5.41) is 13.9. The van der Waals surface area contributed by atoms with Crippen molar-refractivity contribution in [3.8, 4) is 6.07 Å². The van der Waals surface area contributed by atoms with Crippen LogP contribution in [0.3, 0.4) is 0 Å². The lowest BCUT2D eigenvalue weighted by Gasteiger charge is -2.22. The van der Waals surface area contributed by atoms with Gasteiger partial charge in [0.2, 0.25) is 0 Å². The number of rotatable bonds is 3. The number of hydrogen-bond donors (Lipinski definition) is 1. The SMILES string of the molecule is N#CC(=Cc1cccs1)C(=O)NC1CCCCC1. The summed E-state index contributed by atoms with van der Waals surface area (Å²) in [6.45, 7) is 0. The lowest BCUT2D eigenvalue weighted by atomic mass is 9.95. The van der Waals surface area contributed by atoms with Crippen molar-refractivity contribution in [2.24, 2.45) is 0 Å². The lowest BCUT2D eigenvalue weighted by molar-refractivity contribution is -0.117. The molecule has 3 nitrogen and oxygen atoms in total. The Morgan fingerprint density at radius 1 is 1.44 bits per heavy atom. The average Bonchev–Trinajstić information content (AvgIpc) is 2.90. The Bertz CT molecular complexity index is 464. The third-order valence-corrected chi connectivity index (χ3v) is 3.95. The van der Waals surface area contributed by atoms with E-state index >= 15 is 0 Å². The van der Waals surface area contributed by atoms with Crippen molar-refractivity contribution in [3.63, 3.8) is 0 Å². The zero-order chi connectivity index (χ0) is 12.8. The Kier molecular flexibility index (Phi) is 4.54. The van der Waals surface area contributed by atoms with E-state index in [1.807, 2.05) is 23.6 Å². The van der Waals surface area contributed by atoms with Crippen molar-refractivity contribution < 1.29 is 4.79 Å². The molecule has 94 valence electrons. The molecule has 0 saturated heterocycles. The van der Waals surface area contributed by atoms with Crippen molar-refractivity contribution in [2.45, 2.75) is 38.1 Å². The van der Waals surface area contributed by atoms with Crippen LogP contribution in [-0.2, 0) is 4.79 Å². The summed E-state index contributed by atoms with van der Waals surface area (Å²) in [6.07, 6.45) is 7.31. The molecule has 1 N–H and O–H groups in total. The van der Waals surface area contributed by atoms with E-state index in [1.165, 1.54) is 30.6 Å². The largest absolute Gasteiger partial charge is 0.349 e. The molecule has 0 aliphatic heterocycles. The van der Waals surface area contributed by atoms with Gasteiger partial charge < -0.3 is 5.32 Å². The number of nitrogens with one attached hydrogen (secondary N) is 1. The molecule has 1 fully saturated rings. The van der Waals surface area contributed by atoms with Gasteiger partial charge in [0.1, 0.15) is 11.6 Å². The van der Waals surface area contributed by atoms with E-state index in [1.54, 1.807) is 6.08 Å². The lowest BCUT2D eigenvalue weighted by Crippen LogP contribution is -2.36. The van der Waals surface area contributed by atoms with Gasteiger partial charge in [0, 0.05) is 10.9 Å². The van der Waals surface area contributed by atoms with Gasteiger partial charge in [0.05, 0.1) is 0 Å². The monoisotopic (exact) mass is 260 g/mol. The maximum atomic E-state index is 12.0. The molecule has 1 aromatic heterocycles. The van der Waals surface area contributed by atoms with Crippen molar-refractivity contribution >= 4 is 23.3 Å². The number of thiophene rings is 1. The predicted octanol–water partition coefficient (Wildman–Crippen LogP) is 3.10. The molecule has 1 heterocycles. The molecule has 0 unspecified atom stereocenters. The van der Waals surface area contributed by atoms with Crippen LogP contribution in [0, 0.1) is 11.3 Å². The first-order chi connectivity index (χ1) is 8.79. The second-order valence-corrected chi connectivity index (χ2v) is 5.47. The van der Waals surface area contributed by atoms with Gasteiger partial charge in [0.15, 0.2) is 0 Å². The van der Waals surface area contributed by atoms with Crippen LogP contribution >= 0.6 is 11.3 Å². The molecule has 1 aliphatic carbocycles. The molecule has 0 bridgehead atoms. The highest BCUT2D eigenvalue weighted by atomic mass is 32.1. The van der Waals surface area contributed by atoms with Gasteiger partial charge in [-0.15, -0.1) is 11.3 Å². The number of amides is 1. The van der Waals surface area contributed by atoms with Crippen LogP contribution in [0.2, 0.25) is 0 Å². The number of nitrogens with zero attached hydrogens (tertiary/aromatic N) is 1. The van der Waals surface area contributed by atoms with Crippen LogP contribution in [0.25, 0.3) is 6.08 Å². The molecular weight excluding hydrogens is 244 g/mol. The Morgan fingerprint density at radius 3 is 2.83 bits per heavy atom. The molecule has 1 amide bonds. The predicted molar refractivity (Wildman–Crippen MR) is 72.9 cm³/mol. The zero-order valence-electron chi connectivity index (χ0n) is 10.2. The fourth-order valence-corrected chi connectivity index (χ4v) is 2.83. The Hall–Kier alpha value is -1.60. The third-order valence-electron chi connectivity index (χ3n) is 3.14. The maximum absolute atomic E-state index is 12.0. The van der Waals surface area contributed by atoms with Crippen LogP contribution in [-0.4, -0.2) is 11.9 Å². The topological polar surface area (TPSA) is 52.9 Å². The third kappa shape index (κ3) is 3.44. The fraction of sp³-hybridized carbons (Fsp3) is 0.429. The van der Waals surface area contributed by atoms with E-state index in [0.717, 1.165) is 17.7 Å². The Balaban J connectivity index is 2.00. The second kappa shape index (κ2) is 6.36. The van der Waals surface area contributed by atoms with Crippen molar-refractivity contribution in [1.29, 1.82) is 5.26 Å². The highest BCUT2D eigenvalue weighted by molar-refractivity contribution is 7.10. The molecular formula is C14H16N2OS. The highest BCUT2D eigenvalue weighted by Gasteiger charge is 2.17. The van der Waals surface area contributed by atoms with E-state index in [-0.39, 0.29) is 17.5 Å². The van der Waals surface area contributed by atoms with Gasteiger partial charge in [-0.2, -0.15) is 5.26 Å². The fourth-order valence-electron chi connectivity index (χ4n) is 2.17. The molecule has 0 atom stereocenters. The Labute approximate surface area is 111 Å². The summed E-state index contributed by atoms with van der Waals surface area (Å²) < 4.78 is 0. The standard InChI is InChI=1S/C14H16N2OS/c15-10-11(9-13-7-4-8-18-13)14(17)16-12-5-2-1-3-6-12/h4,7-9,12H,1-3,5-6H2,(H,16,17). The van der Waals surface area contributed by atoms with Crippen LogP contribution in [0.15, 0.2) is 23.1 Å². The first-order valence-corrected chi connectivity index (χ1v) is 7.14. The van der Waals surface area contributed by atoms with Gasteiger partial charge in [-0.25, -0.2) is 0 Å². The highest BCUT2D eigenvalue weighted by Crippen LogP contribution is 2.18. The minimum absolute atomic E-state index is 0.197. The molecule has 4 heteroatoms. The van der Waals surface area contributed by atoms with Crippen molar-refractivity contribution in [2.75, 3.05) is 0 Å². The normalized spacial score (nSPS) is 17.2.